The topological polar surface area (TPSA) is 104 Å². The minimum atomic E-state index is -2.74. The molecule has 3 aliphatic heterocycles. The number of hydrogen-bond acceptors (Lipinski definition) is 8. The molecule has 286 valence electrons. The van der Waals surface area contributed by atoms with Crippen LogP contribution >= 0.6 is 0 Å². The number of pyridine rings is 2. The molecular weight excluding hydrogens is 714 g/mol. The third-order valence-corrected chi connectivity index (χ3v) is 11.5. The fraction of sp³-hybridized carbons (Fsp3) is 0.390. The lowest BCUT2D eigenvalue weighted by Crippen LogP contribution is -2.47. The number of carbonyl (C=O) groups is 3. The highest BCUT2D eigenvalue weighted by Crippen LogP contribution is 2.36. The Morgan fingerprint density at radius 1 is 0.818 bits per heavy atom. The molecule has 3 fully saturated rings. The molecule has 5 aromatic rings. The van der Waals surface area contributed by atoms with E-state index < -0.39 is 35.8 Å². The first-order chi connectivity index (χ1) is 26.6. The summed E-state index contributed by atoms with van der Waals surface area (Å²) in [6, 6.07) is 12.8. The van der Waals surface area contributed by atoms with Crippen LogP contribution in [0.4, 0.5) is 29.1 Å². The summed E-state index contributed by atoms with van der Waals surface area (Å²) >= 11 is 0. The fourth-order valence-corrected chi connectivity index (χ4v) is 8.33. The van der Waals surface area contributed by atoms with Crippen molar-refractivity contribution in [3.63, 3.8) is 0 Å². The Labute approximate surface area is 315 Å². The third-order valence-electron chi connectivity index (χ3n) is 11.5. The first-order valence-corrected chi connectivity index (χ1v) is 18.8. The van der Waals surface area contributed by atoms with Gasteiger partial charge in [0.2, 0.25) is 11.8 Å². The van der Waals surface area contributed by atoms with Crippen molar-refractivity contribution in [2.45, 2.75) is 45.1 Å². The number of Topliss-reactive ketones (excluding diaryl/α,β-unsaturated/α-hetero) is 1. The Morgan fingerprint density at radius 3 is 2.35 bits per heavy atom. The number of nitrogens with zero attached hydrogens (tertiary/aromatic N) is 6. The van der Waals surface area contributed by atoms with Gasteiger partial charge in [-0.25, -0.2) is 13.8 Å². The summed E-state index contributed by atoms with van der Waals surface area (Å²) in [4.78, 5) is 51.3. The number of hydrogen-bond donors (Lipinski definition) is 1. The second kappa shape index (κ2) is 15.4. The van der Waals surface area contributed by atoms with Crippen molar-refractivity contribution in [2.24, 2.45) is 11.8 Å². The summed E-state index contributed by atoms with van der Waals surface area (Å²) in [6.07, 6.45) is 7.86. The van der Waals surface area contributed by atoms with Gasteiger partial charge in [0.1, 0.15) is 5.82 Å². The molecule has 14 heteroatoms. The Hall–Kier alpha value is -5.37. The molecule has 1 N–H and O–H groups in total. The van der Waals surface area contributed by atoms with Gasteiger partial charge in [-0.15, -0.1) is 0 Å². The number of fused-ring (bicyclic) bond motifs is 3. The summed E-state index contributed by atoms with van der Waals surface area (Å²) in [5, 5.41) is 3.53. The van der Waals surface area contributed by atoms with E-state index in [0.29, 0.717) is 63.4 Å². The lowest BCUT2D eigenvalue weighted by atomic mass is 9.90. The number of anilines is 2. The molecule has 0 spiro atoms. The maximum absolute atomic E-state index is 15.5. The number of benzene rings is 2. The molecule has 6 heterocycles. The van der Waals surface area contributed by atoms with Crippen LogP contribution in [0, 0.1) is 23.5 Å². The van der Waals surface area contributed by atoms with Crippen LogP contribution in [-0.2, 0) is 9.59 Å². The van der Waals surface area contributed by atoms with Crippen LogP contribution < -0.4 is 15.1 Å². The molecule has 2 aromatic carbocycles. The van der Waals surface area contributed by atoms with Crippen LogP contribution in [0.25, 0.3) is 32.9 Å². The normalized spacial score (nSPS) is 18.8. The molecule has 0 bridgehead atoms. The summed E-state index contributed by atoms with van der Waals surface area (Å²) < 4.78 is 59.8. The summed E-state index contributed by atoms with van der Waals surface area (Å²) in [5.41, 5.74) is 2.53. The number of amides is 2. The number of halogens is 4. The molecular formula is C41H41F4N7O3. The summed E-state index contributed by atoms with van der Waals surface area (Å²) in [6.45, 7) is 2.67. The Bertz CT molecular complexity index is 2260. The van der Waals surface area contributed by atoms with Crippen LogP contribution in [0.2, 0.25) is 0 Å². The number of piperazine rings is 1. The van der Waals surface area contributed by atoms with Crippen molar-refractivity contribution in [1.82, 2.24) is 24.8 Å². The Morgan fingerprint density at radius 2 is 1.62 bits per heavy atom. The average molecular weight is 756 g/mol. The summed E-state index contributed by atoms with van der Waals surface area (Å²) in [7, 11) is 0. The number of nitrogens with one attached hydrogen (secondary N) is 1. The van der Waals surface area contributed by atoms with Crippen LogP contribution in [0.15, 0.2) is 67.1 Å². The van der Waals surface area contributed by atoms with Crippen molar-refractivity contribution >= 4 is 50.9 Å². The monoisotopic (exact) mass is 755 g/mol. The number of rotatable bonds is 10. The molecule has 55 heavy (non-hydrogen) atoms. The minimum Gasteiger partial charge on any atom is -0.369 e. The molecule has 3 aromatic heterocycles. The molecule has 0 saturated carbocycles. The molecule has 1 atom stereocenters. The van der Waals surface area contributed by atoms with E-state index >= 15 is 8.78 Å². The van der Waals surface area contributed by atoms with Gasteiger partial charge < -0.3 is 9.80 Å². The van der Waals surface area contributed by atoms with Crippen molar-refractivity contribution < 1.29 is 31.9 Å². The summed E-state index contributed by atoms with van der Waals surface area (Å²) in [5.74, 6) is -2.16. The predicted octanol–water partition coefficient (Wildman–Crippen LogP) is 6.98. The van der Waals surface area contributed by atoms with Gasteiger partial charge in [0, 0.05) is 98.6 Å². The highest BCUT2D eigenvalue weighted by atomic mass is 19.3. The maximum atomic E-state index is 15.5. The number of carbonyl (C=O) groups excluding carboxylic acids is 3. The molecule has 3 aliphatic rings. The van der Waals surface area contributed by atoms with E-state index in [1.165, 1.54) is 24.4 Å². The molecule has 0 unspecified atom stereocenters. The third kappa shape index (κ3) is 7.51. The average Bonchev–Trinajstić information content (AvgIpc) is 3.52. The maximum Gasteiger partial charge on any atom is 0.319 e. The first-order valence-electron chi connectivity index (χ1n) is 18.8. The molecule has 8 rings (SSSR count). The lowest BCUT2D eigenvalue weighted by molar-refractivity contribution is -0.136. The quantitative estimate of drug-likeness (QED) is 0.0926. The first kappa shape index (κ1) is 36.6. The van der Waals surface area contributed by atoms with E-state index in [9.17, 15) is 23.2 Å². The number of imide groups is 1. The van der Waals surface area contributed by atoms with Gasteiger partial charge in [0.25, 0.3) is 0 Å². The van der Waals surface area contributed by atoms with Gasteiger partial charge in [0.15, 0.2) is 17.4 Å². The minimum absolute atomic E-state index is 0.0422. The molecule has 3 saturated heterocycles. The van der Waals surface area contributed by atoms with E-state index in [0.717, 1.165) is 56.6 Å². The van der Waals surface area contributed by atoms with E-state index in [2.05, 4.69) is 25.1 Å². The van der Waals surface area contributed by atoms with Crippen LogP contribution in [-0.4, -0.2) is 82.8 Å². The van der Waals surface area contributed by atoms with Crippen LogP contribution in [0.5, 0.6) is 0 Å². The van der Waals surface area contributed by atoms with Crippen molar-refractivity contribution in [3.05, 3.63) is 84.3 Å². The van der Waals surface area contributed by atoms with E-state index in [4.69, 9.17) is 0 Å². The van der Waals surface area contributed by atoms with E-state index in [1.807, 2.05) is 4.90 Å². The van der Waals surface area contributed by atoms with Gasteiger partial charge in [-0.05, 0) is 80.1 Å². The van der Waals surface area contributed by atoms with E-state index in [1.54, 1.807) is 42.7 Å². The second-order valence-corrected chi connectivity index (χ2v) is 14.8. The van der Waals surface area contributed by atoms with Crippen LogP contribution in [0.1, 0.15) is 55.4 Å². The molecule has 0 aliphatic carbocycles. The SMILES string of the molecule is O=C1CC[C@H](CC(=O)c2ccc(N3CCN(CCC4CCN(c5ncc(-c6ccc7c8cnccc8n(C(F)F)c7c6)cc5F)CC4)CC3)cc2F)C(=O)N1. The zero-order chi connectivity index (χ0) is 38.2. The predicted molar refractivity (Wildman–Crippen MR) is 201 cm³/mol. The Balaban J connectivity index is 0.810. The van der Waals surface area contributed by atoms with Gasteiger partial charge in [0.05, 0.1) is 16.6 Å². The lowest BCUT2D eigenvalue weighted by Gasteiger charge is -2.38. The number of ketones is 1. The highest BCUT2D eigenvalue weighted by Gasteiger charge is 2.30. The molecule has 2 amide bonds. The number of aromatic nitrogens is 3. The number of alkyl halides is 2. The van der Waals surface area contributed by atoms with Gasteiger partial charge in [-0.3, -0.25) is 34.2 Å². The van der Waals surface area contributed by atoms with Gasteiger partial charge in [-0.2, -0.15) is 8.78 Å². The highest BCUT2D eigenvalue weighted by molar-refractivity contribution is 6.08. The largest absolute Gasteiger partial charge is 0.369 e. The Kier molecular flexibility index (Phi) is 10.2. The fourth-order valence-electron chi connectivity index (χ4n) is 8.33. The molecule has 0 radical (unpaired) electrons. The van der Waals surface area contributed by atoms with Crippen molar-refractivity contribution in [2.75, 3.05) is 55.6 Å². The second-order valence-electron chi connectivity index (χ2n) is 14.8. The number of piperidine rings is 2. The van der Waals surface area contributed by atoms with Crippen LogP contribution in [0.3, 0.4) is 0 Å². The van der Waals surface area contributed by atoms with Gasteiger partial charge in [-0.1, -0.05) is 12.1 Å². The van der Waals surface area contributed by atoms with Crippen molar-refractivity contribution in [1.29, 1.82) is 0 Å². The zero-order valence-electron chi connectivity index (χ0n) is 30.2. The van der Waals surface area contributed by atoms with Crippen molar-refractivity contribution in [3.8, 4) is 11.1 Å². The zero-order valence-corrected chi connectivity index (χ0v) is 30.2. The molecule has 10 nitrogen and oxygen atoms in total. The van der Waals surface area contributed by atoms with E-state index in [-0.39, 0.29) is 30.7 Å². The smallest absolute Gasteiger partial charge is 0.319 e. The van der Waals surface area contributed by atoms with Gasteiger partial charge >= 0.3 is 6.55 Å². The standard InChI is InChI=1S/C41H41F4N7O3/c42-33-22-29(3-5-31(33)37(53)21-27-2-6-38(54)48-40(27)55)50-17-15-49(16-18-50)12-8-25-9-13-51(14-10-25)39-34(43)19-28(23-47-39)26-1-4-30-32-24-46-11-7-35(32)52(41(44)45)36(30)20-26/h1,3-5,7,11,19-20,22-25,27,41H,2,6,8-10,12-18,21H2,(H,48,54,55)/t27-/m1/s1.